The predicted molar refractivity (Wildman–Crippen MR) is 151 cm³/mol. The Hall–Kier alpha value is -3.65. The molecule has 0 amide bonds. The monoisotopic (exact) mass is 628 g/mol. The fraction of sp³-hybridized carbons (Fsp3) is 0.259. The summed E-state index contributed by atoms with van der Waals surface area (Å²) >= 11 is 3.49. The van der Waals surface area contributed by atoms with Crippen LogP contribution < -0.4 is 10.7 Å². The Morgan fingerprint density at radius 1 is 1.02 bits per heavy atom. The van der Waals surface area contributed by atoms with Crippen LogP contribution in [0.5, 0.6) is 0 Å². The van der Waals surface area contributed by atoms with E-state index in [9.17, 15) is 23.3 Å². The summed E-state index contributed by atoms with van der Waals surface area (Å²) in [4.78, 5) is 26.8. The minimum Gasteiger partial charge on any atom is -0.416 e. The Labute approximate surface area is 238 Å². The van der Waals surface area contributed by atoms with Gasteiger partial charge in [0.2, 0.25) is 10.0 Å². The number of anilines is 1. The smallest absolute Gasteiger partial charge is 0.416 e. The van der Waals surface area contributed by atoms with Crippen LogP contribution in [-0.2, 0) is 21.4 Å². The number of hydrogen-bond acceptors (Lipinski definition) is 9. The second kappa shape index (κ2) is 11.8. The molecule has 40 heavy (non-hydrogen) atoms. The van der Waals surface area contributed by atoms with Crippen molar-refractivity contribution in [3.8, 4) is 0 Å². The zero-order valence-electron chi connectivity index (χ0n) is 21.2. The third-order valence-corrected chi connectivity index (χ3v) is 9.23. The van der Waals surface area contributed by atoms with Gasteiger partial charge in [-0.25, -0.2) is 13.2 Å². The lowest BCUT2D eigenvalue weighted by Crippen LogP contribution is -2.48. The highest BCUT2D eigenvalue weighted by atomic mass is 79.9. The van der Waals surface area contributed by atoms with E-state index < -0.39 is 20.7 Å². The minimum atomic E-state index is -3.67. The average molecular weight is 629 g/mol. The molecule has 0 radical (unpaired) electrons. The van der Waals surface area contributed by atoms with Gasteiger partial charge in [-0.1, -0.05) is 28.1 Å². The number of nitro groups is 1. The van der Waals surface area contributed by atoms with Gasteiger partial charge in [0, 0.05) is 52.4 Å². The average Bonchev–Trinajstić information content (AvgIpc) is 2.97. The van der Waals surface area contributed by atoms with Crippen LogP contribution in [0.2, 0.25) is 0 Å². The fourth-order valence-electron chi connectivity index (χ4n) is 4.79. The van der Waals surface area contributed by atoms with Gasteiger partial charge in [-0.3, -0.25) is 10.1 Å². The molecule has 1 fully saturated rings. The van der Waals surface area contributed by atoms with Gasteiger partial charge < -0.3 is 14.1 Å². The van der Waals surface area contributed by atoms with E-state index in [0.29, 0.717) is 44.8 Å². The summed E-state index contributed by atoms with van der Waals surface area (Å²) in [5.41, 5.74) is 2.80. The molecule has 3 aromatic carbocycles. The molecular formula is C27H25BrN4O7S. The molecular weight excluding hydrogens is 604 g/mol. The Morgan fingerprint density at radius 2 is 1.75 bits per heavy atom. The number of hydrogen-bond donors (Lipinski definition) is 0. The highest BCUT2D eigenvalue weighted by molar-refractivity contribution is 9.10. The number of halogens is 1. The summed E-state index contributed by atoms with van der Waals surface area (Å²) in [5, 5.41) is 11.6. The van der Waals surface area contributed by atoms with E-state index in [-0.39, 0.29) is 16.6 Å². The number of sulfonamides is 1. The molecule has 2 aliphatic rings. The minimum absolute atomic E-state index is 0.0815. The second-order valence-corrected chi connectivity index (χ2v) is 12.1. The molecule has 0 saturated carbocycles. The highest BCUT2D eigenvalue weighted by Crippen LogP contribution is 2.33. The second-order valence-electron chi connectivity index (χ2n) is 9.28. The van der Waals surface area contributed by atoms with E-state index in [4.69, 9.17) is 4.74 Å². The van der Waals surface area contributed by atoms with E-state index in [1.165, 1.54) is 34.8 Å². The Balaban J connectivity index is 0.000000244. The number of piperidine rings is 1. The van der Waals surface area contributed by atoms with Gasteiger partial charge in [0.05, 0.1) is 21.9 Å². The number of benzene rings is 3. The summed E-state index contributed by atoms with van der Waals surface area (Å²) in [5.74, 6) is -0.552. The van der Waals surface area contributed by atoms with Crippen molar-refractivity contribution in [3.63, 3.8) is 0 Å². The van der Waals surface area contributed by atoms with Crippen LogP contribution in [0.4, 0.5) is 11.4 Å². The lowest BCUT2D eigenvalue weighted by atomic mass is 10.0. The Morgan fingerprint density at radius 3 is 2.48 bits per heavy atom. The van der Waals surface area contributed by atoms with E-state index in [2.05, 4.69) is 42.4 Å². The van der Waals surface area contributed by atoms with E-state index in [1.807, 2.05) is 24.3 Å². The van der Waals surface area contributed by atoms with Crippen LogP contribution in [0, 0.1) is 10.1 Å². The normalized spacial score (nSPS) is 16.2. The number of ether oxygens (including phenoxy) is 1. The van der Waals surface area contributed by atoms with Crippen LogP contribution >= 0.6 is 15.9 Å². The molecule has 0 bridgehead atoms. The lowest BCUT2D eigenvalue weighted by Gasteiger charge is -2.41. The third-order valence-electron chi connectivity index (χ3n) is 6.82. The topological polar surface area (TPSA) is 136 Å². The zero-order chi connectivity index (χ0) is 28.3. The van der Waals surface area contributed by atoms with E-state index >= 15 is 0 Å². The molecule has 1 aromatic heterocycles. The summed E-state index contributed by atoms with van der Waals surface area (Å²) in [6.45, 7) is 1.85. The van der Waals surface area contributed by atoms with Crippen LogP contribution in [0.15, 0.2) is 91.6 Å². The fourth-order valence-corrected chi connectivity index (χ4v) is 6.66. The quantitative estimate of drug-likeness (QED) is 0.233. The number of nitrogens with zero attached hydrogens (tertiary/aromatic N) is 4. The van der Waals surface area contributed by atoms with E-state index in [1.54, 1.807) is 6.07 Å². The van der Waals surface area contributed by atoms with Gasteiger partial charge in [-0.15, -0.1) is 0 Å². The molecule has 0 unspecified atom stereocenters. The van der Waals surface area contributed by atoms with Gasteiger partial charge in [0.25, 0.3) is 5.69 Å². The van der Waals surface area contributed by atoms with Gasteiger partial charge in [0.1, 0.15) is 13.0 Å². The standard InChI is InChI=1S/C19H20BrN3O5S.C8H5NO2/c20-15-1-6-19-14(11-15)12-28-13-22(19)16-7-9-21(10-8-16)29(26,27)18-4-2-17(3-5-18)23(24)25;10-8-9-7-4-2-1-3-6(7)5-11-8/h1-6,11,16H,7-10,12-13H2;1-5H. The first-order valence-electron chi connectivity index (χ1n) is 12.4. The first-order valence-corrected chi connectivity index (χ1v) is 14.7. The van der Waals surface area contributed by atoms with Crippen molar-refractivity contribution in [1.82, 2.24) is 9.29 Å². The first-order chi connectivity index (χ1) is 19.2. The molecule has 6 rings (SSSR count). The zero-order valence-corrected chi connectivity index (χ0v) is 23.6. The van der Waals surface area contributed by atoms with Crippen LogP contribution in [0.1, 0.15) is 18.4 Å². The maximum atomic E-state index is 12.9. The molecule has 0 aliphatic carbocycles. The van der Waals surface area contributed by atoms with Crippen molar-refractivity contribution in [2.24, 2.45) is 0 Å². The number of aromatic nitrogens is 1. The number of fused-ring (bicyclic) bond motifs is 2. The Kier molecular flexibility index (Phi) is 8.26. The highest BCUT2D eigenvalue weighted by Gasteiger charge is 2.33. The summed E-state index contributed by atoms with van der Waals surface area (Å²) in [6, 6.07) is 18.7. The number of para-hydroxylation sites is 1. The third kappa shape index (κ3) is 6.07. The van der Waals surface area contributed by atoms with Gasteiger partial charge in [-0.05, 0) is 55.3 Å². The van der Waals surface area contributed by atoms with Crippen molar-refractivity contribution in [1.29, 1.82) is 0 Å². The van der Waals surface area contributed by atoms with Crippen molar-refractivity contribution < 1.29 is 22.5 Å². The molecule has 0 atom stereocenters. The number of rotatable bonds is 4. The Bertz CT molecular complexity index is 1690. The molecule has 0 N–H and O–H groups in total. The molecule has 2 aliphatic heterocycles. The maximum Gasteiger partial charge on any atom is 0.439 e. The summed E-state index contributed by atoms with van der Waals surface area (Å²) in [7, 11) is -3.67. The first kappa shape index (κ1) is 27.9. The van der Waals surface area contributed by atoms with Crippen LogP contribution in [0.25, 0.3) is 10.9 Å². The number of non-ortho nitro benzene ring substituents is 1. The molecule has 3 heterocycles. The van der Waals surface area contributed by atoms with Crippen molar-refractivity contribution in [2.75, 3.05) is 24.7 Å². The van der Waals surface area contributed by atoms with Crippen molar-refractivity contribution in [3.05, 3.63) is 104 Å². The van der Waals surface area contributed by atoms with Crippen molar-refractivity contribution in [2.45, 2.75) is 30.4 Å². The predicted octanol–water partition coefficient (Wildman–Crippen LogP) is 4.69. The van der Waals surface area contributed by atoms with Gasteiger partial charge >= 0.3 is 5.76 Å². The largest absolute Gasteiger partial charge is 0.439 e. The molecule has 13 heteroatoms. The molecule has 11 nitrogen and oxygen atoms in total. The van der Waals surface area contributed by atoms with E-state index in [0.717, 1.165) is 21.1 Å². The summed E-state index contributed by atoms with van der Waals surface area (Å²) in [6.07, 6.45) is 2.78. The number of nitro benzene ring substituents is 1. The van der Waals surface area contributed by atoms with Crippen LogP contribution in [-0.4, -0.2) is 48.5 Å². The lowest BCUT2D eigenvalue weighted by molar-refractivity contribution is -0.384. The van der Waals surface area contributed by atoms with Gasteiger partial charge in [0.15, 0.2) is 0 Å². The van der Waals surface area contributed by atoms with Gasteiger partial charge in [-0.2, -0.15) is 9.29 Å². The molecule has 208 valence electrons. The summed E-state index contributed by atoms with van der Waals surface area (Å²) < 4.78 is 38.6. The molecule has 4 aromatic rings. The van der Waals surface area contributed by atoms with Crippen molar-refractivity contribution >= 4 is 48.2 Å². The SMILES string of the molecule is O=[N+]([O-])c1ccc(S(=O)(=O)N2CCC(N3COCc4cc(Br)ccc43)CC2)cc1.O=c1nc2ccccc2co1. The van der Waals surface area contributed by atoms with Crippen LogP contribution in [0.3, 0.4) is 0 Å². The molecule has 1 saturated heterocycles. The molecule has 0 spiro atoms. The maximum absolute atomic E-state index is 12.9.